The summed E-state index contributed by atoms with van der Waals surface area (Å²) < 4.78 is 10.8. The molecule has 2 aliphatic rings. The minimum Gasteiger partial charge on any atom is -0.495 e. The third-order valence-electron chi connectivity index (χ3n) is 5.35. The topological polar surface area (TPSA) is 50.7 Å². The van der Waals surface area contributed by atoms with Gasteiger partial charge in [0.1, 0.15) is 5.75 Å². The molecule has 4 nitrogen and oxygen atoms in total. The van der Waals surface area contributed by atoms with Crippen LogP contribution in [0.4, 0.5) is 0 Å². The van der Waals surface area contributed by atoms with Gasteiger partial charge in [-0.15, -0.1) is 0 Å². The summed E-state index contributed by atoms with van der Waals surface area (Å²) in [6.45, 7) is 2.47. The smallest absolute Gasteiger partial charge is 0.137 e. The summed E-state index contributed by atoms with van der Waals surface area (Å²) in [5, 5.41) is 14.3. The number of ether oxygens (including phenoxy) is 2. The van der Waals surface area contributed by atoms with E-state index in [1.807, 2.05) is 6.07 Å². The van der Waals surface area contributed by atoms with Gasteiger partial charge in [0.05, 0.1) is 18.7 Å². The van der Waals surface area contributed by atoms with Crippen molar-refractivity contribution in [3.63, 3.8) is 0 Å². The van der Waals surface area contributed by atoms with Crippen LogP contribution in [0.1, 0.15) is 42.9 Å². The Kier molecular flexibility index (Phi) is 5.47. The minimum absolute atomic E-state index is 0.0683. The first kappa shape index (κ1) is 17.0. The molecule has 2 N–H and O–H groups in total. The molecule has 128 valence electrons. The van der Waals surface area contributed by atoms with Gasteiger partial charge in [0.15, 0.2) is 0 Å². The summed E-state index contributed by atoms with van der Waals surface area (Å²) in [5.74, 6) is 0.738. The fourth-order valence-electron chi connectivity index (χ4n) is 3.75. The molecule has 1 aromatic rings. The molecular weight excluding hydrogens is 314 g/mol. The second kappa shape index (κ2) is 7.39. The lowest BCUT2D eigenvalue weighted by molar-refractivity contribution is -0.0168. The average Bonchev–Trinajstić information content (AvgIpc) is 2.61. The average molecular weight is 340 g/mol. The minimum atomic E-state index is -0.0683. The Bertz CT molecular complexity index is 543. The first-order chi connectivity index (χ1) is 11.2. The maximum absolute atomic E-state index is 9.86. The number of halogens is 1. The Hall–Kier alpha value is -0.810. The lowest BCUT2D eigenvalue weighted by atomic mass is 9.80. The van der Waals surface area contributed by atoms with Crippen LogP contribution in [0.25, 0.3) is 0 Å². The van der Waals surface area contributed by atoms with Crippen molar-refractivity contribution in [2.45, 2.75) is 38.1 Å². The molecule has 1 aromatic carbocycles. The maximum atomic E-state index is 9.86. The number of aliphatic hydroxyl groups is 1. The van der Waals surface area contributed by atoms with E-state index in [2.05, 4.69) is 11.4 Å². The Labute approximate surface area is 143 Å². The van der Waals surface area contributed by atoms with E-state index in [1.54, 1.807) is 7.11 Å². The fraction of sp³-hybridized carbons (Fsp3) is 0.667. The number of methoxy groups -OCH3 is 1. The molecule has 0 aromatic heterocycles. The van der Waals surface area contributed by atoms with Gasteiger partial charge in [0, 0.05) is 31.2 Å². The van der Waals surface area contributed by atoms with Crippen LogP contribution in [-0.2, 0) is 11.2 Å². The van der Waals surface area contributed by atoms with Crippen molar-refractivity contribution in [2.24, 2.45) is 5.41 Å². The van der Waals surface area contributed by atoms with E-state index in [1.165, 1.54) is 11.1 Å². The van der Waals surface area contributed by atoms with Crippen molar-refractivity contribution < 1.29 is 14.6 Å². The van der Waals surface area contributed by atoms with Crippen LogP contribution < -0.4 is 10.1 Å². The van der Waals surface area contributed by atoms with Crippen LogP contribution in [0.15, 0.2) is 12.1 Å². The number of nitrogens with one attached hydrogen (secondary N) is 1. The van der Waals surface area contributed by atoms with Crippen molar-refractivity contribution in [1.82, 2.24) is 5.32 Å². The summed E-state index contributed by atoms with van der Waals surface area (Å²) >= 11 is 6.58. The largest absolute Gasteiger partial charge is 0.495 e. The van der Waals surface area contributed by atoms with Gasteiger partial charge < -0.3 is 19.9 Å². The molecule has 0 amide bonds. The van der Waals surface area contributed by atoms with Crippen LogP contribution in [0, 0.1) is 5.41 Å². The van der Waals surface area contributed by atoms with E-state index in [-0.39, 0.29) is 18.1 Å². The van der Waals surface area contributed by atoms with E-state index in [4.69, 9.17) is 21.1 Å². The first-order valence-corrected chi connectivity index (χ1v) is 8.84. The van der Waals surface area contributed by atoms with Crippen molar-refractivity contribution in [3.05, 3.63) is 28.3 Å². The zero-order chi connectivity index (χ0) is 16.3. The molecule has 5 heteroatoms. The number of benzene rings is 1. The molecule has 23 heavy (non-hydrogen) atoms. The Morgan fingerprint density at radius 2 is 2.17 bits per heavy atom. The van der Waals surface area contributed by atoms with E-state index >= 15 is 0 Å². The van der Waals surface area contributed by atoms with Crippen LogP contribution in [0.2, 0.25) is 5.02 Å². The third-order valence-corrected chi connectivity index (χ3v) is 5.74. The highest BCUT2D eigenvalue weighted by molar-refractivity contribution is 6.33. The molecule has 1 heterocycles. The molecule has 1 aliphatic carbocycles. The number of hydrogen-bond acceptors (Lipinski definition) is 4. The lowest BCUT2D eigenvalue weighted by Gasteiger charge is -2.38. The highest BCUT2D eigenvalue weighted by Gasteiger charge is 2.33. The Balaban J connectivity index is 1.77. The van der Waals surface area contributed by atoms with Crippen molar-refractivity contribution >= 4 is 11.6 Å². The molecule has 1 atom stereocenters. The standard InChI is InChI=1S/C18H26ClNO3/c1-22-15-6-5-13-3-2-4-14(16(13)17(15)19)20-11-18(12-21)7-9-23-10-8-18/h5-6,14,20-21H,2-4,7-12H2,1H3. The van der Waals surface area contributed by atoms with E-state index in [0.717, 1.165) is 62.6 Å². The monoisotopic (exact) mass is 339 g/mol. The molecule has 1 aliphatic heterocycles. The number of rotatable bonds is 5. The van der Waals surface area contributed by atoms with Crippen LogP contribution in [-0.4, -0.2) is 38.6 Å². The lowest BCUT2D eigenvalue weighted by Crippen LogP contribution is -2.43. The van der Waals surface area contributed by atoms with Crippen LogP contribution >= 0.6 is 11.6 Å². The number of fused-ring (bicyclic) bond motifs is 1. The van der Waals surface area contributed by atoms with Crippen molar-refractivity contribution in [3.8, 4) is 5.75 Å². The molecule has 1 saturated heterocycles. The van der Waals surface area contributed by atoms with E-state index < -0.39 is 0 Å². The maximum Gasteiger partial charge on any atom is 0.137 e. The summed E-state index contributed by atoms with van der Waals surface area (Å²) in [4.78, 5) is 0. The number of hydrogen-bond donors (Lipinski definition) is 2. The number of aliphatic hydroxyl groups excluding tert-OH is 1. The quantitative estimate of drug-likeness (QED) is 0.865. The summed E-state index contributed by atoms with van der Waals surface area (Å²) in [7, 11) is 1.65. The zero-order valence-electron chi connectivity index (χ0n) is 13.7. The van der Waals surface area contributed by atoms with Crippen molar-refractivity contribution in [1.29, 1.82) is 0 Å². The van der Waals surface area contributed by atoms with Gasteiger partial charge in [0.2, 0.25) is 0 Å². The van der Waals surface area contributed by atoms with Crippen molar-refractivity contribution in [2.75, 3.05) is 33.5 Å². The van der Waals surface area contributed by atoms with Gasteiger partial charge in [-0.2, -0.15) is 0 Å². The summed E-state index contributed by atoms with van der Waals surface area (Å²) in [5.41, 5.74) is 2.42. The Morgan fingerprint density at radius 1 is 1.39 bits per heavy atom. The summed E-state index contributed by atoms with van der Waals surface area (Å²) in [6.07, 6.45) is 5.10. The number of aryl methyl sites for hydroxylation is 1. The zero-order valence-corrected chi connectivity index (χ0v) is 14.5. The molecule has 3 rings (SSSR count). The summed E-state index contributed by atoms with van der Waals surface area (Å²) in [6, 6.07) is 4.31. The van der Waals surface area contributed by atoms with Gasteiger partial charge in [-0.3, -0.25) is 0 Å². The normalized spacial score (nSPS) is 23.3. The third kappa shape index (κ3) is 3.50. The molecule has 0 radical (unpaired) electrons. The Morgan fingerprint density at radius 3 is 2.87 bits per heavy atom. The van der Waals surface area contributed by atoms with Gasteiger partial charge in [0.25, 0.3) is 0 Å². The molecule has 0 spiro atoms. The SMILES string of the molecule is COc1ccc2c(c1Cl)C(NCC1(CO)CCOCC1)CCC2. The van der Waals surface area contributed by atoms with E-state index in [0.29, 0.717) is 0 Å². The molecule has 1 unspecified atom stereocenters. The van der Waals surface area contributed by atoms with Gasteiger partial charge in [-0.25, -0.2) is 0 Å². The van der Waals surface area contributed by atoms with Gasteiger partial charge >= 0.3 is 0 Å². The molecule has 0 saturated carbocycles. The predicted molar refractivity (Wildman–Crippen MR) is 91.3 cm³/mol. The predicted octanol–water partition coefficient (Wildman–Crippen LogP) is 3.10. The van der Waals surface area contributed by atoms with Gasteiger partial charge in [-0.05, 0) is 49.3 Å². The molecular formula is C18H26ClNO3. The highest BCUT2D eigenvalue weighted by atomic mass is 35.5. The highest BCUT2D eigenvalue weighted by Crippen LogP contribution is 2.40. The van der Waals surface area contributed by atoms with Crippen LogP contribution in [0.3, 0.4) is 0 Å². The second-order valence-electron chi connectivity index (χ2n) is 6.75. The first-order valence-electron chi connectivity index (χ1n) is 8.46. The second-order valence-corrected chi connectivity index (χ2v) is 7.13. The fourth-order valence-corrected chi connectivity index (χ4v) is 4.14. The molecule has 0 bridgehead atoms. The molecule has 1 fully saturated rings. The van der Waals surface area contributed by atoms with Gasteiger partial charge in [-0.1, -0.05) is 17.7 Å². The van der Waals surface area contributed by atoms with Crippen LogP contribution in [0.5, 0.6) is 5.75 Å². The van der Waals surface area contributed by atoms with E-state index in [9.17, 15) is 5.11 Å².